The van der Waals surface area contributed by atoms with Gasteiger partial charge in [0.2, 0.25) is 0 Å². The molecule has 0 spiro atoms. The Bertz CT molecular complexity index is 987. The minimum atomic E-state index is -0.335. The summed E-state index contributed by atoms with van der Waals surface area (Å²) in [4.78, 5) is 15.6. The predicted molar refractivity (Wildman–Crippen MR) is 123 cm³/mol. The molecule has 0 radical (unpaired) electrons. The molecule has 2 fully saturated rings. The SMILES string of the molecule is O=C(c1ccccc1)N1C[C@@]1(c1ccccc1)C1(c2ccccc2)SCCCS1. The van der Waals surface area contributed by atoms with Gasteiger partial charge in [-0.15, -0.1) is 23.5 Å². The van der Waals surface area contributed by atoms with Gasteiger partial charge in [0.05, 0.1) is 6.54 Å². The first-order chi connectivity index (χ1) is 14.3. The Kier molecular flexibility index (Phi) is 4.92. The molecule has 2 aliphatic heterocycles. The molecule has 0 aromatic heterocycles. The van der Waals surface area contributed by atoms with Crippen LogP contribution in [0.15, 0.2) is 91.0 Å². The molecule has 0 saturated carbocycles. The molecule has 29 heavy (non-hydrogen) atoms. The third kappa shape index (κ3) is 3.01. The number of nitrogens with zero attached hydrogens (tertiary/aromatic N) is 1. The zero-order valence-corrected chi connectivity index (χ0v) is 17.8. The van der Waals surface area contributed by atoms with E-state index < -0.39 is 0 Å². The monoisotopic (exact) mass is 417 g/mol. The molecule has 2 nitrogen and oxygen atoms in total. The first-order valence-corrected chi connectivity index (χ1v) is 12.0. The van der Waals surface area contributed by atoms with E-state index in [4.69, 9.17) is 0 Å². The van der Waals surface area contributed by atoms with E-state index >= 15 is 0 Å². The maximum atomic E-state index is 13.5. The van der Waals surface area contributed by atoms with E-state index in [1.807, 2.05) is 53.9 Å². The van der Waals surface area contributed by atoms with Crippen molar-refractivity contribution in [3.63, 3.8) is 0 Å². The lowest BCUT2D eigenvalue weighted by molar-refractivity contribution is 0.0848. The molecule has 2 heterocycles. The second-order valence-corrected chi connectivity index (χ2v) is 10.4. The molecule has 3 aromatic rings. The number of hydrogen-bond acceptors (Lipinski definition) is 3. The van der Waals surface area contributed by atoms with Gasteiger partial charge < -0.3 is 4.90 Å². The summed E-state index contributed by atoms with van der Waals surface area (Å²) in [7, 11) is 0. The zero-order chi connectivity index (χ0) is 19.7. The fraction of sp³-hybridized carbons (Fsp3) is 0.240. The van der Waals surface area contributed by atoms with E-state index in [0.29, 0.717) is 0 Å². The molecule has 1 atom stereocenters. The Morgan fingerprint density at radius 2 is 1.24 bits per heavy atom. The molecule has 2 aliphatic rings. The van der Waals surface area contributed by atoms with E-state index in [0.717, 1.165) is 23.6 Å². The average molecular weight is 418 g/mol. The van der Waals surface area contributed by atoms with E-state index in [2.05, 4.69) is 65.6 Å². The van der Waals surface area contributed by atoms with Gasteiger partial charge in [-0.3, -0.25) is 4.79 Å². The van der Waals surface area contributed by atoms with Gasteiger partial charge in [-0.1, -0.05) is 78.9 Å². The largest absolute Gasteiger partial charge is 0.322 e. The summed E-state index contributed by atoms with van der Waals surface area (Å²) < 4.78 is -0.196. The second kappa shape index (κ2) is 7.58. The predicted octanol–water partition coefficient (Wildman–Crippen LogP) is 5.76. The maximum Gasteiger partial charge on any atom is 0.254 e. The van der Waals surface area contributed by atoms with E-state index in [-0.39, 0.29) is 15.5 Å². The minimum Gasteiger partial charge on any atom is -0.322 e. The van der Waals surface area contributed by atoms with Crippen LogP contribution in [0.5, 0.6) is 0 Å². The number of carbonyl (C=O) groups is 1. The first kappa shape index (κ1) is 18.8. The molecule has 1 amide bonds. The number of rotatable bonds is 4. The van der Waals surface area contributed by atoms with Crippen LogP contribution in [0.25, 0.3) is 0 Å². The standard InChI is InChI=1S/C25H23NOS2/c27-23(20-11-4-1-5-12-20)26-19-24(26,21-13-6-2-7-14-21)25(28-17-10-18-29-25)22-15-8-3-9-16-22/h1-9,11-16H,10,17-19H2/t24-,26?/m1/s1. The van der Waals surface area contributed by atoms with Crippen LogP contribution in [0.4, 0.5) is 0 Å². The number of carbonyl (C=O) groups excluding carboxylic acids is 1. The Morgan fingerprint density at radius 1 is 0.724 bits per heavy atom. The highest BCUT2D eigenvalue weighted by Gasteiger charge is 2.69. The topological polar surface area (TPSA) is 20.1 Å². The van der Waals surface area contributed by atoms with Crippen molar-refractivity contribution in [2.45, 2.75) is 16.0 Å². The van der Waals surface area contributed by atoms with Crippen LogP contribution < -0.4 is 0 Å². The van der Waals surface area contributed by atoms with Crippen LogP contribution in [0.1, 0.15) is 27.9 Å². The van der Waals surface area contributed by atoms with E-state index in [9.17, 15) is 4.79 Å². The molecule has 0 unspecified atom stereocenters. The Morgan fingerprint density at radius 3 is 1.83 bits per heavy atom. The van der Waals surface area contributed by atoms with Gasteiger partial charge >= 0.3 is 0 Å². The van der Waals surface area contributed by atoms with Gasteiger partial charge in [0, 0.05) is 5.56 Å². The van der Waals surface area contributed by atoms with E-state index in [1.54, 1.807) is 0 Å². The summed E-state index contributed by atoms with van der Waals surface area (Å²) >= 11 is 4.03. The third-order valence-electron chi connectivity index (χ3n) is 5.86. The van der Waals surface area contributed by atoms with Crippen molar-refractivity contribution in [1.82, 2.24) is 4.90 Å². The lowest BCUT2D eigenvalue weighted by atomic mass is 9.89. The lowest BCUT2D eigenvalue weighted by Crippen LogP contribution is -2.41. The van der Waals surface area contributed by atoms with E-state index in [1.165, 1.54) is 17.5 Å². The van der Waals surface area contributed by atoms with Crippen LogP contribution in [0.2, 0.25) is 0 Å². The van der Waals surface area contributed by atoms with Crippen LogP contribution in [-0.2, 0) is 9.62 Å². The molecule has 3 aromatic carbocycles. The summed E-state index contributed by atoms with van der Waals surface area (Å²) in [6.45, 7) is 0.750. The van der Waals surface area contributed by atoms with Crippen molar-refractivity contribution in [1.29, 1.82) is 0 Å². The number of benzene rings is 3. The summed E-state index contributed by atoms with van der Waals surface area (Å²) in [6, 6.07) is 31.1. The van der Waals surface area contributed by atoms with Crippen LogP contribution in [0, 0.1) is 0 Å². The van der Waals surface area contributed by atoms with Crippen molar-refractivity contribution >= 4 is 29.4 Å². The van der Waals surface area contributed by atoms with Gasteiger partial charge in [-0.25, -0.2) is 0 Å². The lowest BCUT2D eigenvalue weighted by Gasteiger charge is -2.43. The molecule has 0 aliphatic carbocycles. The summed E-state index contributed by atoms with van der Waals surface area (Å²) in [5.74, 6) is 2.35. The van der Waals surface area contributed by atoms with Gasteiger partial charge in [0.25, 0.3) is 5.91 Å². The van der Waals surface area contributed by atoms with Gasteiger partial charge in [0.1, 0.15) is 9.62 Å². The molecular formula is C25H23NOS2. The molecule has 0 N–H and O–H groups in total. The highest BCUT2D eigenvalue weighted by atomic mass is 32.2. The van der Waals surface area contributed by atoms with Gasteiger partial charge in [-0.2, -0.15) is 0 Å². The van der Waals surface area contributed by atoms with Crippen LogP contribution in [-0.4, -0.2) is 28.9 Å². The number of hydrogen-bond donors (Lipinski definition) is 0. The average Bonchev–Trinajstić information content (AvgIpc) is 3.58. The normalized spacial score (nSPS) is 22.8. The van der Waals surface area contributed by atoms with Crippen molar-refractivity contribution < 1.29 is 4.79 Å². The van der Waals surface area contributed by atoms with Gasteiger partial charge in [-0.05, 0) is 41.2 Å². The van der Waals surface area contributed by atoms with Crippen molar-refractivity contribution in [2.75, 3.05) is 18.1 Å². The quantitative estimate of drug-likeness (QED) is 0.503. The summed E-state index contributed by atoms with van der Waals surface area (Å²) in [5.41, 5.74) is 2.97. The van der Waals surface area contributed by atoms with Crippen molar-refractivity contribution in [2.24, 2.45) is 0 Å². The molecular weight excluding hydrogens is 394 g/mol. The molecule has 0 bridgehead atoms. The fourth-order valence-electron chi connectivity index (χ4n) is 4.44. The molecule has 5 rings (SSSR count). The Hall–Kier alpha value is -2.17. The summed E-state index contributed by atoms with van der Waals surface area (Å²) in [5, 5.41) is 0. The first-order valence-electron chi connectivity index (χ1n) is 10.0. The fourth-order valence-corrected chi connectivity index (χ4v) is 8.28. The molecule has 4 heteroatoms. The maximum absolute atomic E-state index is 13.5. The van der Waals surface area contributed by atoms with Crippen LogP contribution >= 0.6 is 23.5 Å². The minimum absolute atomic E-state index is 0.122. The number of thioether (sulfide) groups is 2. The Balaban J connectivity index is 1.66. The smallest absolute Gasteiger partial charge is 0.254 e. The van der Waals surface area contributed by atoms with Crippen LogP contribution in [0.3, 0.4) is 0 Å². The zero-order valence-electron chi connectivity index (χ0n) is 16.2. The van der Waals surface area contributed by atoms with Crippen molar-refractivity contribution in [3.05, 3.63) is 108 Å². The second-order valence-electron chi connectivity index (χ2n) is 7.52. The summed E-state index contributed by atoms with van der Waals surface area (Å²) in [6.07, 6.45) is 1.21. The highest BCUT2D eigenvalue weighted by molar-refractivity contribution is 8.18. The Labute approximate surface area is 180 Å². The molecule has 146 valence electrons. The van der Waals surface area contributed by atoms with Gasteiger partial charge in [0.15, 0.2) is 0 Å². The highest BCUT2D eigenvalue weighted by Crippen LogP contribution is 2.68. The third-order valence-corrected chi connectivity index (χ3v) is 9.51. The molecule has 2 saturated heterocycles. The number of amides is 1. The van der Waals surface area contributed by atoms with Crippen molar-refractivity contribution in [3.8, 4) is 0 Å².